The Balaban J connectivity index is 1.81. The van der Waals surface area contributed by atoms with Crippen LogP contribution in [0.25, 0.3) is 0 Å². The first-order valence-electron chi connectivity index (χ1n) is 9.46. The molecule has 0 radical (unpaired) electrons. The van der Waals surface area contributed by atoms with Crippen molar-refractivity contribution in [2.75, 3.05) is 59.5 Å². The van der Waals surface area contributed by atoms with Crippen molar-refractivity contribution in [2.24, 2.45) is 5.92 Å². The number of hydrogen-bond acceptors (Lipinski definition) is 7. The third-order valence-corrected chi connectivity index (χ3v) is 4.50. The van der Waals surface area contributed by atoms with E-state index in [0.717, 1.165) is 19.3 Å². The van der Waals surface area contributed by atoms with Crippen molar-refractivity contribution in [2.45, 2.75) is 38.4 Å². The summed E-state index contributed by atoms with van der Waals surface area (Å²) in [5.41, 5.74) is 0.424. The van der Waals surface area contributed by atoms with Crippen LogP contribution in [0.2, 0.25) is 0 Å². The Hall–Kier alpha value is -0.990. The summed E-state index contributed by atoms with van der Waals surface area (Å²) in [6, 6.07) is 0. The highest BCUT2D eigenvalue weighted by molar-refractivity contribution is 5.86. The molecule has 0 amide bonds. The van der Waals surface area contributed by atoms with Crippen LogP contribution in [0.5, 0.6) is 0 Å². The van der Waals surface area contributed by atoms with Crippen molar-refractivity contribution in [1.82, 2.24) is 0 Å². The zero-order valence-electron chi connectivity index (χ0n) is 15.8. The molecule has 3 atom stereocenters. The molecule has 1 saturated carbocycles. The van der Waals surface area contributed by atoms with E-state index in [1.165, 1.54) is 0 Å². The largest absolute Gasteiger partial charge is 0.462 e. The van der Waals surface area contributed by atoms with Gasteiger partial charge in [-0.1, -0.05) is 6.58 Å². The van der Waals surface area contributed by atoms with E-state index in [9.17, 15) is 4.79 Å². The summed E-state index contributed by atoms with van der Waals surface area (Å²) in [6.07, 6.45) is 2.64. The lowest BCUT2D eigenvalue weighted by Crippen LogP contribution is -2.40. The molecule has 0 aromatic rings. The molecule has 0 bridgehead atoms. The van der Waals surface area contributed by atoms with Crippen molar-refractivity contribution < 1.29 is 33.2 Å². The molecular weight excluding hydrogens is 340 g/mol. The highest BCUT2D eigenvalue weighted by atomic mass is 16.6. The van der Waals surface area contributed by atoms with E-state index < -0.39 is 0 Å². The molecule has 2 rings (SSSR count). The molecular formula is C19H32O7. The normalized spacial score (nSPS) is 29.7. The van der Waals surface area contributed by atoms with Crippen molar-refractivity contribution >= 4 is 5.97 Å². The molecule has 7 heteroatoms. The Morgan fingerprint density at radius 2 is 1.42 bits per heavy atom. The van der Waals surface area contributed by atoms with Gasteiger partial charge in [-0.25, -0.2) is 4.79 Å². The van der Waals surface area contributed by atoms with Gasteiger partial charge < -0.3 is 28.4 Å². The molecule has 7 nitrogen and oxygen atoms in total. The summed E-state index contributed by atoms with van der Waals surface area (Å²) in [5.74, 6) is -0.0602. The van der Waals surface area contributed by atoms with Gasteiger partial charge in [0.2, 0.25) is 0 Å². The minimum atomic E-state index is -0.334. The SMILES string of the molecule is C=C(C)C(=O)OCC1CCC2OCCOCCOCCOCCOC2C1. The molecule has 1 heterocycles. The average Bonchev–Trinajstić information content (AvgIpc) is 2.64. The first-order chi connectivity index (χ1) is 12.7. The van der Waals surface area contributed by atoms with E-state index >= 15 is 0 Å². The number of carbonyl (C=O) groups is 1. The molecule has 1 aliphatic carbocycles. The molecule has 2 aliphatic rings. The standard InChI is InChI=1S/C19H32O7/c1-15(2)19(20)26-14-16-3-4-17-18(13-16)25-12-10-23-8-6-21-5-7-22-9-11-24-17/h16-18H,1,3-14H2,2H3. The van der Waals surface area contributed by atoms with Crippen LogP contribution in [0.4, 0.5) is 0 Å². The lowest BCUT2D eigenvalue weighted by molar-refractivity contribution is -0.145. The average molecular weight is 372 g/mol. The number of ether oxygens (including phenoxy) is 6. The smallest absolute Gasteiger partial charge is 0.333 e. The summed E-state index contributed by atoms with van der Waals surface area (Å²) in [6.45, 7) is 10.0. The Kier molecular flexibility index (Phi) is 10.2. The van der Waals surface area contributed by atoms with Crippen molar-refractivity contribution in [3.63, 3.8) is 0 Å². The Bertz CT molecular complexity index is 426. The van der Waals surface area contributed by atoms with Gasteiger partial charge in [-0.15, -0.1) is 0 Å². The van der Waals surface area contributed by atoms with Crippen LogP contribution >= 0.6 is 0 Å². The second-order valence-corrected chi connectivity index (χ2v) is 6.71. The minimum absolute atomic E-state index is 0.0257. The summed E-state index contributed by atoms with van der Waals surface area (Å²) in [5, 5.41) is 0. The number of esters is 1. The summed E-state index contributed by atoms with van der Waals surface area (Å²) < 4.78 is 33.7. The Morgan fingerprint density at radius 1 is 0.885 bits per heavy atom. The van der Waals surface area contributed by atoms with Crippen LogP contribution in [0.3, 0.4) is 0 Å². The van der Waals surface area contributed by atoms with Gasteiger partial charge in [0, 0.05) is 5.57 Å². The first-order valence-corrected chi connectivity index (χ1v) is 9.46. The molecule has 0 N–H and O–H groups in total. The molecule has 0 aromatic carbocycles. The van der Waals surface area contributed by atoms with Gasteiger partial charge in [-0.3, -0.25) is 0 Å². The molecule has 150 valence electrons. The molecule has 1 aliphatic heterocycles. The van der Waals surface area contributed by atoms with Gasteiger partial charge in [-0.2, -0.15) is 0 Å². The summed E-state index contributed by atoms with van der Waals surface area (Å²) in [4.78, 5) is 11.6. The van der Waals surface area contributed by atoms with Crippen molar-refractivity contribution in [3.8, 4) is 0 Å². The van der Waals surface area contributed by atoms with E-state index in [1.54, 1.807) is 6.92 Å². The third kappa shape index (κ3) is 8.14. The number of carbonyl (C=O) groups excluding carboxylic acids is 1. The van der Waals surface area contributed by atoms with E-state index in [0.29, 0.717) is 65.0 Å². The number of hydrogen-bond donors (Lipinski definition) is 0. The topological polar surface area (TPSA) is 72.5 Å². The molecule has 1 saturated heterocycles. The van der Waals surface area contributed by atoms with Gasteiger partial charge in [-0.05, 0) is 32.1 Å². The molecule has 0 aromatic heterocycles. The van der Waals surface area contributed by atoms with Gasteiger partial charge in [0.25, 0.3) is 0 Å². The number of rotatable bonds is 3. The predicted molar refractivity (Wildman–Crippen MR) is 95.1 cm³/mol. The van der Waals surface area contributed by atoms with E-state index in [2.05, 4.69) is 6.58 Å². The zero-order valence-corrected chi connectivity index (χ0v) is 15.8. The van der Waals surface area contributed by atoms with Crippen LogP contribution in [-0.4, -0.2) is 77.6 Å². The maximum Gasteiger partial charge on any atom is 0.333 e. The second kappa shape index (κ2) is 12.4. The first kappa shape index (κ1) is 21.3. The molecule has 0 spiro atoms. The molecule has 26 heavy (non-hydrogen) atoms. The van der Waals surface area contributed by atoms with Gasteiger partial charge in [0.1, 0.15) is 0 Å². The van der Waals surface area contributed by atoms with Crippen molar-refractivity contribution in [1.29, 1.82) is 0 Å². The number of fused-ring (bicyclic) bond motifs is 1. The van der Waals surface area contributed by atoms with Crippen LogP contribution in [-0.2, 0) is 33.2 Å². The lowest BCUT2D eigenvalue weighted by Gasteiger charge is -2.35. The fraction of sp³-hybridized carbons (Fsp3) is 0.842. The fourth-order valence-corrected chi connectivity index (χ4v) is 3.08. The fourth-order valence-electron chi connectivity index (χ4n) is 3.08. The maximum atomic E-state index is 11.6. The van der Waals surface area contributed by atoms with E-state index in [4.69, 9.17) is 28.4 Å². The van der Waals surface area contributed by atoms with E-state index in [-0.39, 0.29) is 24.1 Å². The zero-order chi connectivity index (χ0) is 18.6. The monoisotopic (exact) mass is 372 g/mol. The Morgan fingerprint density at radius 3 is 2.00 bits per heavy atom. The van der Waals surface area contributed by atoms with Gasteiger partial charge in [0.05, 0.1) is 71.7 Å². The predicted octanol–water partition coefficient (Wildman–Crippen LogP) is 1.74. The maximum absolute atomic E-state index is 11.6. The summed E-state index contributed by atoms with van der Waals surface area (Å²) in [7, 11) is 0. The van der Waals surface area contributed by atoms with Gasteiger partial charge in [0.15, 0.2) is 0 Å². The molecule has 3 unspecified atom stereocenters. The minimum Gasteiger partial charge on any atom is -0.462 e. The second-order valence-electron chi connectivity index (χ2n) is 6.71. The lowest BCUT2D eigenvalue weighted by atomic mass is 9.85. The summed E-state index contributed by atoms with van der Waals surface area (Å²) >= 11 is 0. The quantitative estimate of drug-likeness (QED) is 0.552. The van der Waals surface area contributed by atoms with Gasteiger partial charge >= 0.3 is 5.97 Å². The van der Waals surface area contributed by atoms with Crippen LogP contribution < -0.4 is 0 Å². The van der Waals surface area contributed by atoms with Crippen LogP contribution in [0.15, 0.2) is 12.2 Å². The van der Waals surface area contributed by atoms with Crippen LogP contribution in [0, 0.1) is 5.92 Å². The van der Waals surface area contributed by atoms with E-state index in [1.807, 2.05) is 0 Å². The highest BCUT2D eigenvalue weighted by Crippen LogP contribution is 2.29. The van der Waals surface area contributed by atoms with Crippen molar-refractivity contribution in [3.05, 3.63) is 12.2 Å². The Labute approximate surface area is 155 Å². The van der Waals surface area contributed by atoms with Crippen LogP contribution in [0.1, 0.15) is 26.2 Å². The molecule has 2 fully saturated rings. The highest BCUT2D eigenvalue weighted by Gasteiger charge is 2.32. The third-order valence-electron chi connectivity index (χ3n) is 4.50.